The van der Waals surface area contributed by atoms with Crippen molar-refractivity contribution in [2.45, 2.75) is 75.3 Å². The van der Waals surface area contributed by atoms with Gasteiger partial charge in [0.1, 0.15) is 0 Å². The summed E-state index contributed by atoms with van der Waals surface area (Å²) in [4.78, 5) is 0. The van der Waals surface area contributed by atoms with Gasteiger partial charge < -0.3 is 5.32 Å². The first kappa shape index (κ1) is 14.6. The standard InChI is InChI=1S/C19H26N2/c20-15-19(16-9-5-4-6-10-16)13-18(14-19)21-17-11-7-2-1-3-8-12-17/h4-6,9-10,17-18,21H,1-3,7-8,11-14H2. The van der Waals surface area contributed by atoms with Gasteiger partial charge in [-0.05, 0) is 31.2 Å². The zero-order valence-corrected chi connectivity index (χ0v) is 12.9. The van der Waals surface area contributed by atoms with E-state index in [1.54, 1.807) is 0 Å². The molecule has 2 nitrogen and oxygen atoms in total. The van der Waals surface area contributed by atoms with E-state index in [4.69, 9.17) is 0 Å². The first-order chi connectivity index (χ1) is 10.3. The summed E-state index contributed by atoms with van der Waals surface area (Å²) in [5.41, 5.74) is 0.962. The molecular formula is C19H26N2. The molecule has 2 aliphatic carbocycles. The van der Waals surface area contributed by atoms with Crippen LogP contribution in [-0.4, -0.2) is 12.1 Å². The molecule has 0 saturated heterocycles. The fourth-order valence-corrected chi connectivity index (χ4v) is 4.00. The number of hydrogen-bond acceptors (Lipinski definition) is 2. The van der Waals surface area contributed by atoms with Crippen molar-refractivity contribution in [1.82, 2.24) is 5.32 Å². The highest BCUT2D eigenvalue weighted by atomic mass is 15.0. The van der Waals surface area contributed by atoms with Crippen LogP contribution < -0.4 is 5.32 Å². The van der Waals surface area contributed by atoms with Crippen LogP contribution in [0.25, 0.3) is 0 Å². The van der Waals surface area contributed by atoms with Crippen LogP contribution in [-0.2, 0) is 5.41 Å². The zero-order chi connectivity index (χ0) is 14.5. The minimum atomic E-state index is -0.236. The summed E-state index contributed by atoms with van der Waals surface area (Å²) in [6.45, 7) is 0. The molecule has 0 heterocycles. The van der Waals surface area contributed by atoms with Gasteiger partial charge in [0.15, 0.2) is 0 Å². The van der Waals surface area contributed by atoms with Crippen LogP contribution >= 0.6 is 0 Å². The molecule has 0 bridgehead atoms. The molecule has 1 aromatic carbocycles. The highest BCUT2D eigenvalue weighted by molar-refractivity contribution is 5.36. The van der Waals surface area contributed by atoms with Gasteiger partial charge >= 0.3 is 0 Å². The second-order valence-electron chi connectivity index (χ2n) is 6.87. The molecule has 0 aliphatic heterocycles. The molecular weight excluding hydrogens is 256 g/mol. The summed E-state index contributed by atoms with van der Waals surface area (Å²) in [6, 6.07) is 14.1. The maximum absolute atomic E-state index is 9.62. The quantitative estimate of drug-likeness (QED) is 0.896. The topological polar surface area (TPSA) is 35.8 Å². The Balaban J connectivity index is 1.55. The lowest BCUT2D eigenvalue weighted by molar-refractivity contribution is 0.198. The fourth-order valence-electron chi connectivity index (χ4n) is 4.00. The van der Waals surface area contributed by atoms with E-state index in [1.807, 2.05) is 18.2 Å². The molecule has 1 N–H and O–H groups in total. The maximum Gasteiger partial charge on any atom is 0.0852 e. The van der Waals surface area contributed by atoms with Gasteiger partial charge in [-0.2, -0.15) is 5.26 Å². The lowest BCUT2D eigenvalue weighted by Gasteiger charge is -2.45. The lowest BCUT2D eigenvalue weighted by Crippen LogP contribution is -2.53. The molecule has 1 aromatic rings. The predicted molar refractivity (Wildman–Crippen MR) is 86.0 cm³/mol. The van der Waals surface area contributed by atoms with Gasteiger partial charge in [0.2, 0.25) is 0 Å². The largest absolute Gasteiger partial charge is 0.311 e. The van der Waals surface area contributed by atoms with E-state index in [1.165, 1.54) is 50.5 Å². The van der Waals surface area contributed by atoms with Gasteiger partial charge in [0.05, 0.1) is 11.5 Å². The Kier molecular flexibility index (Phi) is 4.60. The smallest absolute Gasteiger partial charge is 0.0852 e. The summed E-state index contributed by atoms with van der Waals surface area (Å²) in [6.07, 6.45) is 11.5. The molecule has 0 radical (unpaired) electrons. The highest BCUT2D eigenvalue weighted by Crippen LogP contribution is 2.43. The van der Waals surface area contributed by atoms with Gasteiger partial charge in [0.25, 0.3) is 0 Å². The molecule has 0 atom stereocenters. The number of benzene rings is 1. The van der Waals surface area contributed by atoms with E-state index < -0.39 is 0 Å². The maximum atomic E-state index is 9.62. The molecule has 2 saturated carbocycles. The number of nitriles is 1. The van der Waals surface area contributed by atoms with Gasteiger partial charge in [0, 0.05) is 12.1 Å². The van der Waals surface area contributed by atoms with Crippen LogP contribution in [0.3, 0.4) is 0 Å². The van der Waals surface area contributed by atoms with Crippen LogP contribution in [0.5, 0.6) is 0 Å². The van der Waals surface area contributed by atoms with Crippen LogP contribution in [0.4, 0.5) is 0 Å². The number of hydrogen-bond donors (Lipinski definition) is 1. The van der Waals surface area contributed by atoms with Crippen LogP contribution in [0, 0.1) is 11.3 Å². The molecule has 2 fully saturated rings. The molecule has 2 aliphatic rings. The predicted octanol–water partition coefficient (Wildman–Crippen LogP) is 4.31. The monoisotopic (exact) mass is 282 g/mol. The lowest BCUT2D eigenvalue weighted by atomic mass is 9.62. The third kappa shape index (κ3) is 3.30. The third-order valence-electron chi connectivity index (χ3n) is 5.31. The van der Waals surface area contributed by atoms with Gasteiger partial charge in [-0.25, -0.2) is 0 Å². The SMILES string of the molecule is N#CC1(c2ccccc2)CC(NC2CCCCCCC2)C1. The van der Waals surface area contributed by atoms with Crippen LogP contribution in [0.2, 0.25) is 0 Å². The van der Waals surface area contributed by atoms with Crippen molar-refractivity contribution < 1.29 is 0 Å². The number of rotatable bonds is 3. The van der Waals surface area contributed by atoms with E-state index in [9.17, 15) is 5.26 Å². The van der Waals surface area contributed by atoms with E-state index in [2.05, 4.69) is 23.5 Å². The number of nitrogens with zero attached hydrogens (tertiary/aromatic N) is 1. The molecule has 2 heteroatoms. The molecule has 0 aromatic heterocycles. The Morgan fingerprint density at radius 2 is 1.52 bits per heavy atom. The molecule has 21 heavy (non-hydrogen) atoms. The van der Waals surface area contributed by atoms with Crippen LogP contribution in [0.15, 0.2) is 30.3 Å². The molecule has 0 unspecified atom stereocenters. The second-order valence-corrected chi connectivity index (χ2v) is 6.87. The van der Waals surface area contributed by atoms with Crippen molar-refractivity contribution in [3.05, 3.63) is 35.9 Å². The van der Waals surface area contributed by atoms with Crippen molar-refractivity contribution >= 4 is 0 Å². The van der Waals surface area contributed by atoms with Crippen molar-refractivity contribution in [2.75, 3.05) is 0 Å². The molecule has 3 rings (SSSR count). The second kappa shape index (κ2) is 6.62. The Labute approximate surface area is 128 Å². The number of nitrogens with one attached hydrogen (secondary N) is 1. The normalized spacial score (nSPS) is 30.7. The molecule has 0 spiro atoms. The van der Waals surface area contributed by atoms with E-state index in [-0.39, 0.29) is 5.41 Å². The average molecular weight is 282 g/mol. The minimum Gasteiger partial charge on any atom is -0.311 e. The summed E-state index contributed by atoms with van der Waals surface area (Å²) >= 11 is 0. The van der Waals surface area contributed by atoms with Crippen molar-refractivity contribution in [1.29, 1.82) is 5.26 Å². The van der Waals surface area contributed by atoms with E-state index in [0.29, 0.717) is 12.1 Å². The Bertz CT molecular complexity index is 474. The fraction of sp³-hybridized carbons (Fsp3) is 0.632. The average Bonchev–Trinajstić information content (AvgIpc) is 2.45. The summed E-state index contributed by atoms with van der Waals surface area (Å²) in [7, 11) is 0. The summed E-state index contributed by atoms with van der Waals surface area (Å²) < 4.78 is 0. The summed E-state index contributed by atoms with van der Waals surface area (Å²) in [5, 5.41) is 13.4. The summed E-state index contributed by atoms with van der Waals surface area (Å²) in [5.74, 6) is 0. The Hall–Kier alpha value is -1.33. The minimum absolute atomic E-state index is 0.236. The highest BCUT2D eigenvalue weighted by Gasteiger charge is 2.46. The van der Waals surface area contributed by atoms with Gasteiger partial charge in [-0.1, -0.05) is 62.4 Å². The molecule has 112 valence electrons. The van der Waals surface area contributed by atoms with E-state index >= 15 is 0 Å². The van der Waals surface area contributed by atoms with Crippen molar-refractivity contribution in [2.24, 2.45) is 0 Å². The molecule has 0 amide bonds. The Morgan fingerprint density at radius 3 is 2.14 bits per heavy atom. The van der Waals surface area contributed by atoms with Gasteiger partial charge in [-0.15, -0.1) is 0 Å². The van der Waals surface area contributed by atoms with Crippen LogP contribution in [0.1, 0.15) is 63.4 Å². The van der Waals surface area contributed by atoms with E-state index in [0.717, 1.165) is 12.8 Å². The van der Waals surface area contributed by atoms with Gasteiger partial charge in [-0.3, -0.25) is 0 Å². The zero-order valence-electron chi connectivity index (χ0n) is 12.9. The van der Waals surface area contributed by atoms with Crippen molar-refractivity contribution in [3.8, 4) is 6.07 Å². The Morgan fingerprint density at radius 1 is 0.905 bits per heavy atom. The first-order valence-electron chi connectivity index (χ1n) is 8.55. The van der Waals surface area contributed by atoms with Crippen molar-refractivity contribution in [3.63, 3.8) is 0 Å². The third-order valence-corrected chi connectivity index (χ3v) is 5.31. The first-order valence-corrected chi connectivity index (χ1v) is 8.55.